The van der Waals surface area contributed by atoms with Crippen LogP contribution in [-0.2, 0) is 4.79 Å². The van der Waals surface area contributed by atoms with E-state index in [4.69, 9.17) is 0 Å². The number of nitrogens with one attached hydrogen (secondary N) is 2. The van der Waals surface area contributed by atoms with E-state index < -0.39 is 0 Å². The van der Waals surface area contributed by atoms with Gasteiger partial charge in [0, 0.05) is 12.7 Å². The Kier molecular flexibility index (Phi) is 3.90. The first kappa shape index (κ1) is 11.5. The lowest BCUT2D eigenvalue weighted by molar-refractivity contribution is -0.120. The molecule has 1 aliphatic rings. The summed E-state index contributed by atoms with van der Waals surface area (Å²) in [6.07, 6.45) is 3.70. The summed E-state index contributed by atoms with van der Waals surface area (Å²) in [5.74, 6) is 0.141. The van der Waals surface area contributed by atoms with E-state index in [0.29, 0.717) is 4.60 Å². The van der Waals surface area contributed by atoms with E-state index in [2.05, 4.69) is 31.5 Å². The highest BCUT2D eigenvalue weighted by atomic mass is 79.9. The summed E-state index contributed by atoms with van der Waals surface area (Å²) >= 11 is 3.31. The molecular weight excluding hydrogens is 270 g/mol. The minimum Gasteiger partial charge on any atom is -0.323 e. The van der Waals surface area contributed by atoms with Gasteiger partial charge in [0.05, 0.1) is 11.6 Å². The first-order valence-corrected chi connectivity index (χ1v) is 6.19. The van der Waals surface area contributed by atoms with Crippen LogP contribution in [0.15, 0.2) is 22.9 Å². The molecule has 0 aliphatic carbocycles. The van der Waals surface area contributed by atoms with Crippen molar-refractivity contribution in [2.24, 2.45) is 5.92 Å². The van der Waals surface area contributed by atoms with E-state index in [1.165, 1.54) is 0 Å². The number of hydrogen-bond donors (Lipinski definition) is 2. The zero-order valence-corrected chi connectivity index (χ0v) is 10.5. The van der Waals surface area contributed by atoms with E-state index in [0.717, 1.165) is 31.6 Å². The molecule has 0 spiro atoms. The monoisotopic (exact) mass is 283 g/mol. The third-order valence-corrected chi connectivity index (χ3v) is 3.32. The molecule has 1 saturated heterocycles. The van der Waals surface area contributed by atoms with Crippen molar-refractivity contribution >= 4 is 27.5 Å². The molecule has 86 valence electrons. The molecule has 16 heavy (non-hydrogen) atoms. The lowest BCUT2D eigenvalue weighted by Gasteiger charge is -2.21. The number of aromatic nitrogens is 1. The summed E-state index contributed by atoms with van der Waals surface area (Å²) < 4.78 is 0.673. The topological polar surface area (TPSA) is 54.0 Å². The highest BCUT2D eigenvalue weighted by Gasteiger charge is 2.21. The molecule has 1 fully saturated rings. The molecular formula is C11H14BrN3O. The Morgan fingerprint density at radius 1 is 1.62 bits per heavy atom. The van der Waals surface area contributed by atoms with Crippen molar-refractivity contribution in [1.29, 1.82) is 0 Å². The number of piperidine rings is 1. The van der Waals surface area contributed by atoms with Crippen LogP contribution in [-0.4, -0.2) is 24.0 Å². The van der Waals surface area contributed by atoms with Gasteiger partial charge in [-0.15, -0.1) is 0 Å². The van der Waals surface area contributed by atoms with Gasteiger partial charge in [-0.25, -0.2) is 4.98 Å². The Morgan fingerprint density at radius 2 is 2.50 bits per heavy atom. The normalized spacial score (nSPS) is 20.4. The van der Waals surface area contributed by atoms with Crippen LogP contribution >= 0.6 is 15.9 Å². The Balaban J connectivity index is 1.99. The highest BCUT2D eigenvalue weighted by molar-refractivity contribution is 9.10. The largest absolute Gasteiger partial charge is 0.323 e. The van der Waals surface area contributed by atoms with Crippen LogP contribution in [0.5, 0.6) is 0 Å². The fourth-order valence-electron chi connectivity index (χ4n) is 1.79. The number of nitrogens with zero attached hydrogens (tertiary/aromatic N) is 1. The molecule has 0 bridgehead atoms. The van der Waals surface area contributed by atoms with Crippen LogP contribution in [0.4, 0.5) is 5.69 Å². The van der Waals surface area contributed by atoms with E-state index in [-0.39, 0.29) is 11.8 Å². The predicted octanol–water partition coefficient (Wildman–Crippen LogP) is 1.78. The summed E-state index contributed by atoms with van der Waals surface area (Å²) in [5, 5.41) is 6.12. The van der Waals surface area contributed by atoms with Gasteiger partial charge >= 0.3 is 0 Å². The van der Waals surface area contributed by atoms with E-state index in [1.807, 2.05) is 6.07 Å². The van der Waals surface area contributed by atoms with Crippen molar-refractivity contribution in [3.05, 3.63) is 22.9 Å². The molecule has 4 nitrogen and oxygen atoms in total. The van der Waals surface area contributed by atoms with Crippen molar-refractivity contribution < 1.29 is 4.79 Å². The SMILES string of the molecule is O=C(Nc1cccnc1Br)[C@@H]1CCCNC1. The molecule has 2 N–H and O–H groups in total. The fourth-order valence-corrected chi connectivity index (χ4v) is 2.14. The lowest BCUT2D eigenvalue weighted by Crippen LogP contribution is -2.37. The Bertz CT molecular complexity index is 377. The number of halogens is 1. The molecule has 1 amide bonds. The Hall–Kier alpha value is -0.940. The van der Waals surface area contributed by atoms with E-state index in [9.17, 15) is 4.79 Å². The molecule has 1 aromatic heterocycles. The number of rotatable bonds is 2. The van der Waals surface area contributed by atoms with Crippen molar-refractivity contribution in [3.63, 3.8) is 0 Å². The molecule has 2 rings (SSSR count). The summed E-state index contributed by atoms with van der Waals surface area (Å²) in [4.78, 5) is 16.0. The van der Waals surface area contributed by atoms with Gasteiger partial charge in [0.15, 0.2) is 0 Å². The highest BCUT2D eigenvalue weighted by Crippen LogP contribution is 2.20. The third kappa shape index (κ3) is 2.80. The Labute approximate surface area is 103 Å². The van der Waals surface area contributed by atoms with Crippen LogP contribution in [0.1, 0.15) is 12.8 Å². The zero-order valence-electron chi connectivity index (χ0n) is 8.87. The molecule has 1 aliphatic heterocycles. The minimum absolute atomic E-state index is 0.0702. The van der Waals surface area contributed by atoms with Crippen molar-refractivity contribution in [3.8, 4) is 0 Å². The summed E-state index contributed by atoms with van der Waals surface area (Å²) in [5.41, 5.74) is 0.734. The number of carbonyl (C=O) groups excluding carboxylic acids is 1. The van der Waals surface area contributed by atoms with Crippen molar-refractivity contribution in [2.75, 3.05) is 18.4 Å². The number of hydrogen-bond acceptors (Lipinski definition) is 3. The smallest absolute Gasteiger partial charge is 0.228 e. The van der Waals surface area contributed by atoms with Gasteiger partial charge < -0.3 is 10.6 Å². The number of carbonyl (C=O) groups is 1. The molecule has 1 atom stereocenters. The van der Waals surface area contributed by atoms with Gasteiger partial charge in [0.25, 0.3) is 0 Å². The maximum Gasteiger partial charge on any atom is 0.228 e. The van der Waals surface area contributed by atoms with Gasteiger partial charge in [-0.3, -0.25) is 4.79 Å². The third-order valence-electron chi connectivity index (χ3n) is 2.68. The van der Waals surface area contributed by atoms with Crippen LogP contribution in [0.3, 0.4) is 0 Å². The van der Waals surface area contributed by atoms with Crippen molar-refractivity contribution in [2.45, 2.75) is 12.8 Å². The van der Waals surface area contributed by atoms with Crippen LogP contribution in [0, 0.1) is 5.92 Å². The fraction of sp³-hybridized carbons (Fsp3) is 0.455. The second-order valence-electron chi connectivity index (χ2n) is 3.87. The maximum absolute atomic E-state index is 11.9. The second-order valence-corrected chi connectivity index (χ2v) is 4.63. The number of anilines is 1. The molecule has 2 heterocycles. The van der Waals surface area contributed by atoms with Crippen LogP contribution in [0.25, 0.3) is 0 Å². The van der Waals surface area contributed by atoms with E-state index in [1.54, 1.807) is 12.3 Å². The standard InChI is InChI=1S/C11H14BrN3O/c12-10-9(4-2-6-14-10)15-11(16)8-3-1-5-13-7-8/h2,4,6,8,13H,1,3,5,7H2,(H,15,16)/t8-/m1/s1. The number of pyridine rings is 1. The molecule has 5 heteroatoms. The first-order valence-electron chi connectivity index (χ1n) is 5.39. The van der Waals surface area contributed by atoms with Gasteiger partial charge in [0.1, 0.15) is 4.60 Å². The Morgan fingerprint density at radius 3 is 3.19 bits per heavy atom. The number of amides is 1. The van der Waals surface area contributed by atoms with Gasteiger partial charge in [0.2, 0.25) is 5.91 Å². The van der Waals surface area contributed by atoms with Gasteiger partial charge in [-0.05, 0) is 47.4 Å². The average molecular weight is 284 g/mol. The van der Waals surface area contributed by atoms with E-state index >= 15 is 0 Å². The predicted molar refractivity (Wildman–Crippen MR) is 66.2 cm³/mol. The zero-order chi connectivity index (χ0) is 11.4. The van der Waals surface area contributed by atoms with Crippen LogP contribution < -0.4 is 10.6 Å². The second kappa shape index (κ2) is 5.41. The average Bonchev–Trinajstić information content (AvgIpc) is 2.33. The summed E-state index contributed by atoms with van der Waals surface area (Å²) in [6, 6.07) is 3.64. The first-order chi connectivity index (χ1) is 7.77. The molecule has 0 aromatic carbocycles. The quantitative estimate of drug-likeness (QED) is 0.814. The molecule has 0 radical (unpaired) electrons. The molecule has 0 unspecified atom stereocenters. The van der Waals surface area contributed by atoms with Gasteiger partial charge in [-0.1, -0.05) is 0 Å². The summed E-state index contributed by atoms with van der Waals surface area (Å²) in [6.45, 7) is 1.78. The minimum atomic E-state index is 0.0702. The summed E-state index contributed by atoms with van der Waals surface area (Å²) in [7, 11) is 0. The molecule has 0 saturated carbocycles. The van der Waals surface area contributed by atoms with Crippen molar-refractivity contribution in [1.82, 2.24) is 10.3 Å². The maximum atomic E-state index is 11.9. The lowest BCUT2D eigenvalue weighted by atomic mass is 9.99. The van der Waals surface area contributed by atoms with Crippen LogP contribution in [0.2, 0.25) is 0 Å². The van der Waals surface area contributed by atoms with Gasteiger partial charge in [-0.2, -0.15) is 0 Å². The molecule has 1 aromatic rings.